The molecular weight excluding hydrogens is 234 g/mol. The van der Waals surface area contributed by atoms with E-state index in [-0.39, 0.29) is 0 Å². The van der Waals surface area contributed by atoms with E-state index in [4.69, 9.17) is 9.84 Å². The topological polar surface area (TPSA) is 75.6 Å². The van der Waals surface area contributed by atoms with E-state index >= 15 is 0 Å². The highest BCUT2D eigenvalue weighted by atomic mass is 16.5. The zero-order chi connectivity index (χ0) is 13.7. The van der Waals surface area contributed by atoms with Crippen molar-refractivity contribution in [3.05, 3.63) is 29.3 Å². The molecule has 0 aliphatic rings. The molecule has 0 bridgehead atoms. The van der Waals surface area contributed by atoms with Crippen LogP contribution >= 0.6 is 0 Å². The van der Waals surface area contributed by atoms with Gasteiger partial charge in [-0.1, -0.05) is 18.6 Å². The molecule has 1 rings (SSSR count). The third kappa shape index (κ3) is 3.23. The van der Waals surface area contributed by atoms with E-state index < -0.39 is 17.9 Å². The molecule has 0 saturated heterocycles. The van der Waals surface area contributed by atoms with Gasteiger partial charge in [0.05, 0.1) is 12.7 Å². The molecule has 0 aliphatic carbocycles. The summed E-state index contributed by atoms with van der Waals surface area (Å²) in [6.07, 6.45) is 0.329. The third-order valence-corrected chi connectivity index (χ3v) is 2.61. The average Bonchev–Trinajstić information content (AvgIpc) is 2.35. The van der Waals surface area contributed by atoms with Crippen LogP contribution in [0.25, 0.3) is 0 Å². The number of benzene rings is 1. The number of ether oxygens (including phenoxy) is 1. The summed E-state index contributed by atoms with van der Waals surface area (Å²) in [5.74, 6) is -1.05. The van der Waals surface area contributed by atoms with Crippen molar-refractivity contribution < 1.29 is 19.4 Å². The first-order chi connectivity index (χ1) is 8.49. The van der Waals surface area contributed by atoms with E-state index in [0.717, 1.165) is 5.56 Å². The van der Waals surface area contributed by atoms with E-state index in [1.54, 1.807) is 19.1 Å². The lowest BCUT2D eigenvalue weighted by Gasteiger charge is -2.14. The Hall–Kier alpha value is -2.04. The fourth-order valence-corrected chi connectivity index (χ4v) is 1.57. The number of carboxylic acids is 1. The number of carbonyl (C=O) groups is 2. The van der Waals surface area contributed by atoms with Crippen LogP contribution in [-0.4, -0.2) is 30.1 Å². The Kier molecular flexibility index (Phi) is 4.71. The van der Waals surface area contributed by atoms with Crippen molar-refractivity contribution in [2.24, 2.45) is 0 Å². The molecule has 0 spiro atoms. The second kappa shape index (κ2) is 6.05. The molecule has 98 valence electrons. The number of methoxy groups -OCH3 is 1. The van der Waals surface area contributed by atoms with E-state index in [1.807, 2.05) is 13.0 Å². The van der Waals surface area contributed by atoms with Gasteiger partial charge < -0.3 is 15.2 Å². The van der Waals surface area contributed by atoms with Crippen LogP contribution in [-0.2, 0) is 4.79 Å². The van der Waals surface area contributed by atoms with Crippen LogP contribution in [0.3, 0.4) is 0 Å². The molecule has 1 amide bonds. The Morgan fingerprint density at radius 1 is 1.44 bits per heavy atom. The number of carboxylic acid groups (broad SMARTS) is 1. The summed E-state index contributed by atoms with van der Waals surface area (Å²) < 4.78 is 5.09. The van der Waals surface area contributed by atoms with Gasteiger partial charge in [-0.15, -0.1) is 0 Å². The van der Waals surface area contributed by atoms with Gasteiger partial charge in [-0.2, -0.15) is 0 Å². The third-order valence-electron chi connectivity index (χ3n) is 2.61. The number of carbonyl (C=O) groups excluding carboxylic acids is 1. The highest BCUT2D eigenvalue weighted by Crippen LogP contribution is 2.19. The summed E-state index contributed by atoms with van der Waals surface area (Å²) in [6.45, 7) is 3.55. The van der Waals surface area contributed by atoms with Crippen molar-refractivity contribution >= 4 is 11.9 Å². The monoisotopic (exact) mass is 251 g/mol. The minimum absolute atomic E-state index is 0.329. The van der Waals surface area contributed by atoms with E-state index in [1.165, 1.54) is 7.11 Å². The first-order valence-corrected chi connectivity index (χ1v) is 5.67. The number of rotatable bonds is 5. The van der Waals surface area contributed by atoms with E-state index in [2.05, 4.69) is 5.32 Å². The van der Waals surface area contributed by atoms with Crippen LogP contribution in [0.1, 0.15) is 29.3 Å². The number of aryl methyl sites for hydroxylation is 1. The van der Waals surface area contributed by atoms with Gasteiger partial charge in [-0.05, 0) is 25.5 Å². The predicted molar refractivity (Wildman–Crippen MR) is 66.9 cm³/mol. The molecule has 0 fully saturated rings. The largest absolute Gasteiger partial charge is 0.496 e. The SMILES string of the molecule is CC[C@H](NC(=O)c1cc(C)ccc1OC)C(=O)O. The second-order valence-corrected chi connectivity index (χ2v) is 3.98. The number of amides is 1. The summed E-state index contributed by atoms with van der Waals surface area (Å²) >= 11 is 0. The summed E-state index contributed by atoms with van der Waals surface area (Å²) in [5.41, 5.74) is 1.25. The molecule has 0 aromatic heterocycles. The number of aliphatic carboxylic acids is 1. The van der Waals surface area contributed by atoms with Gasteiger partial charge in [0, 0.05) is 0 Å². The predicted octanol–water partition coefficient (Wildman–Crippen LogP) is 1.60. The Morgan fingerprint density at radius 2 is 2.11 bits per heavy atom. The molecule has 0 aliphatic heterocycles. The van der Waals surface area contributed by atoms with Crippen LogP contribution < -0.4 is 10.1 Å². The maximum Gasteiger partial charge on any atom is 0.326 e. The molecule has 5 nitrogen and oxygen atoms in total. The summed E-state index contributed by atoms with van der Waals surface area (Å²) in [5, 5.41) is 11.4. The lowest BCUT2D eigenvalue weighted by atomic mass is 10.1. The van der Waals surface area contributed by atoms with Crippen molar-refractivity contribution in [1.82, 2.24) is 5.32 Å². The Morgan fingerprint density at radius 3 is 2.61 bits per heavy atom. The van der Waals surface area contributed by atoms with Gasteiger partial charge in [0.2, 0.25) is 0 Å². The molecule has 0 heterocycles. The van der Waals surface area contributed by atoms with Crippen LogP contribution in [0.2, 0.25) is 0 Å². The molecule has 0 unspecified atom stereocenters. The normalized spacial score (nSPS) is 11.7. The van der Waals surface area contributed by atoms with Gasteiger partial charge in [0.1, 0.15) is 11.8 Å². The van der Waals surface area contributed by atoms with Crippen molar-refractivity contribution in [3.63, 3.8) is 0 Å². The molecule has 18 heavy (non-hydrogen) atoms. The Balaban J connectivity index is 2.96. The fourth-order valence-electron chi connectivity index (χ4n) is 1.57. The van der Waals surface area contributed by atoms with Crippen LogP contribution in [0.15, 0.2) is 18.2 Å². The van der Waals surface area contributed by atoms with Crippen molar-refractivity contribution in [2.75, 3.05) is 7.11 Å². The highest BCUT2D eigenvalue weighted by molar-refractivity contribution is 5.99. The fraction of sp³-hybridized carbons (Fsp3) is 0.385. The Labute approximate surface area is 106 Å². The quantitative estimate of drug-likeness (QED) is 0.833. The number of nitrogens with one attached hydrogen (secondary N) is 1. The molecule has 1 aromatic rings. The lowest BCUT2D eigenvalue weighted by Crippen LogP contribution is -2.40. The molecule has 1 atom stereocenters. The van der Waals surface area contributed by atoms with Gasteiger partial charge >= 0.3 is 5.97 Å². The van der Waals surface area contributed by atoms with Gasteiger partial charge in [0.15, 0.2) is 0 Å². The first kappa shape index (κ1) is 14.0. The number of hydrogen-bond acceptors (Lipinski definition) is 3. The maximum atomic E-state index is 12.0. The smallest absolute Gasteiger partial charge is 0.326 e. The minimum Gasteiger partial charge on any atom is -0.496 e. The summed E-state index contributed by atoms with van der Waals surface area (Å²) in [6, 6.07) is 4.29. The van der Waals surface area contributed by atoms with Gasteiger partial charge in [0.25, 0.3) is 5.91 Å². The molecular formula is C13H17NO4. The zero-order valence-corrected chi connectivity index (χ0v) is 10.7. The van der Waals surface area contributed by atoms with Gasteiger partial charge in [-0.25, -0.2) is 4.79 Å². The summed E-state index contributed by atoms with van der Waals surface area (Å²) in [7, 11) is 1.47. The van der Waals surface area contributed by atoms with Crippen LogP contribution in [0, 0.1) is 6.92 Å². The molecule has 0 saturated carbocycles. The van der Waals surface area contributed by atoms with Gasteiger partial charge in [-0.3, -0.25) is 4.79 Å². The van der Waals surface area contributed by atoms with E-state index in [9.17, 15) is 9.59 Å². The highest BCUT2D eigenvalue weighted by Gasteiger charge is 2.20. The average molecular weight is 251 g/mol. The van der Waals surface area contributed by atoms with E-state index in [0.29, 0.717) is 17.7 Å². The molecule has 0 radical (unpaired) electrons. The maximum absolute atomic E-state index is 12.0. The second-order valence-electron chi connectivity index (χ2n) is 3.98. The van der Waals surface area contributed by atoms with Crippen LogP contribution in [0.4, 0.5) is 0 Å². The van der Waals surface area contributed by atoms with Crippen molar-refractivity contribution in [3.8, 4) is 5.75 Å². The van der Waals surface area contributed by atoms with Crippen LogP contribution in [0.5, 0.6) is 5.75 Å². The number of hydrogen-bond donors (Lipinski definition) is 2. The van der Waals surface area contributed by atoms with Crippen molar-refractivity contribution in [2.45, 2.75) is 26.3 Å². The zero-order valence-electron chi connectivity index (χ0n) is 10.7. The molecule has 5 heteroatoms. The van der Waals surface area contributed by atoms with Crippen molar-refractivity contribution in [1.29, 1.82) is 0 Å². The standard InChI is InChI=1S/C13H17NO4/c1-4-10(13(16)17)14-12(15)9-7-8(2)5-6-11(9)18-3/h5-7,10H,4H2,1-3H3,(H,14,15)(H,16,17)/t10-/m0/s1. The summed E-state index contributed by atoms with van der Waals surface area (Å²) in [4.78, 5) is 22.9. The molecule has 1 aromatic carbocycles. The Bertz CT molecular complexity index is 456. The lowest BCUT2D eigenvalue weighted by molar-refractivity contribution is -0.139. The molecule has 2 N–H and O–H groups in total. The first-order valence-electron chi connectivity index (χ1n) is 5.67. The minimum atomic E-state index is -1.04.